The molecule has 0 radical (unpaired) electrons. The molecule has 3 aromatic rings. The van der Waals surface area contributed by atoms with Gasteiger partial charge in [-0.25, -0.2) is 9.18 Å². The molecule has 34 heavy (non-hydrogen) atoms. The van der Waals surface area contributed by atoms with E-state index in [0.29, 0.717) is 23.9 Å². The number of carbonyl (C=O) groups excluding carboxylic acids is 1. The van der Waals surface area contributed by atoms with Crippen LogP contribution in [0, 0.1) is 23.5 Å². The maximum Gasteiger partial charge on any atom is 0.390 e. The van der Waals surface area contributed by atoms with Gasteiger partial charge in [-0.1, -0.05) is 36.4 Å². The van der Waals surface area contributed by atoms with Gasteiger partial charge in [0.15, 0.2) is 6.10 Å². The molecule has 174 valence electrons. The molecule has 0 aliphatic carbocycles. The number of nitriles is 1. The van der Waals surface area contributed by atoms with E-state index in [0.717, 1.165) is 16.7 Å². The van der Waals surface area contributed by atoms with Crippen LogP contribution in [0.4, 0.5) is 4.39 Å². The Morgan fingerprint density at radius 2 is 2.03 bits per heavy atom. The molecule has 0 spiro atoms. The highest BCUT2D eigenvalue weighted by molar-refractivity contribution is 7.99. The van der Waals surface area contributed by atoms with Gasteiger partial charge in [-0.2, -0.15) is 17.0 Å². The second kappa shape index (κ2) is 10.7. The Bertz CT molecular complexity index is 1260. The highest BCUT2D eigenvalue weighted by Crippen LogP contribution is 2.24. The van der Waals surface area contributed by atoms with Crippen molar-refractivity contribution in [2.45, 2.75) is 30.2 Å². The molecule has 4 unspecified atom stereocenters. The number of halogens is 1. The Kier molecular flexibility index (Phi) is 7.49. The summed E-state index contributed by atoms with van der Waals surface area (Å²) >= 11 is 1.33. The number of hydrogen-bond acceptors (Lipinski definition) is 7. The van der Waals surface area contributed by atoms with Crippen molar-refractivity contribution < 1.29 is 18.3 Å². The van der Waals surface area contributed by atoms with E-state index in [1.807, 2.05) is 36.4 Å². The van der Waals surface area contributed by atoms with E-state index in [1.54, 1.807) is 12.3 Å². The maximum absolute atomic E-state index is 14.2. The van der Waals surface area contributed by atoms with Crippen LogP contribution in [0.1, 0.15) is 5.56 Å². The van der Waals surface area contributed by atoms with Crippen molar-refractivity contribution in [3.05, 3.63) is 70.6 Å². The number of rotatable bonds is 6. The minimum absolute atomic E-state index is 0.181. The fraction of sp³-hybridized carbons (Fsp3) is 0.320. The molecule has 2 heterocycles. The molecule has 2 N–H and O–H groups in total. The van der Waals surface area contributed by atoms with Crippen molar-refractivity contribution in [3.8, 4) is 17.2 Å². The van der Waals surface area contributed by atoms with Crippen LogP contribution in [0.3, 0.4) is 0 Å². The molecule has 1 aliphatic rings. The Morgan fingerprint density at radius 3 is 2.76 bits per heavy atom. The predicted molar refractivity (Wildman–Crippen MR) is 127 cm³/mol. The molecule has 4 atom stereocenters. The lowest BCUT2D eigenvalue weighted by molar-refractivity contribution is -0.143. The van der Waals surface area contributed by atoms with E-state index < -0.39 is 30.0 Å². The number of alkyl halides is 1. The zero-order valence-electron chi connectivity index (χ0n) is 18.3. The predicted octanol–water partition coefficient (Wildman–Crippen LogP) is 2.63. The number of nitrogens with zero attached hydrogens (tertiary/aromatic N) is 1. The monoisotopic (exact) mass is 479 g/mol. The van der Waals surface area contributed by atoms with Gasteiger partial charge >= 0.3 is 5.63 Å². The van der Waals surface area contributed by atoms with E-state index in [2.05, 4.69) is 28.8 Å². The van der Waals surface area contributed by atoms with Crippen LogP contribution in [0.2, 0.25) is 0 Å². The van der Waals surface area contributed by atoms with Crippen LogP contribution in [0.5, 0.6) is 0 Å². The van der Waals surface area contributed by atoms with Crippen molar-refractivity contribution in [1.82, 2.24) is 10.6 Å². The van der Waals surface area contributed by atoms with Crippen molar-refractivity contribution in [2.24, 2.45) is 0 Å². The van der Waals surface area contributed by atoms with Crippen molar-refractivity contribution >= 4 is 28.6 Å². The first-order valence-electron chi connectivity index (χ1n) is 10.7. The van der Waals surface area contributed by atoms with Gasteiger partial charge in [0.05, 0.1) is 16.7 Å². The lowest BCUT2D eigenvalue weighted by Gasteiger charge is -2.20. The summed E-state index contributed by atoms with van der Waals surface area (Å²) in [6, 6.07) is 19.4. The third kappa shape index (κ3) is 5.57. The molecule has 0 bridgehead atoms. The summed E-state index contributed by atoms with van der Waals surface area (Å²) in [6.07, 6.45) is -0.483. The molecule has 1 fully saturated rings. The zero-order chi connectivity index (χ0) is 24.1. The molecule has 7 nitrogen and oxygen atoms in total. The first-order chi connectivity index (χ1) is 16.5. The van der Waals surface area contributed by atoms with E-state index in [1.165, 1.54) is 11.8 Å². The lowest BCUT2D eigenvalue weighted by Crippen LogP contribution is -2.46. The van der Waals surface area contributed by atoms with Crippen LogP contribution in [-0.4, -0.2) is 49.0 Å². The van der Waals surface area contributed by atoms with Gasteiger partial charge in [0.2, 0.25) is 6.36 Å². The van der Waals surface area contributed by atoms with E-state index in [9.17, 15) is 19.2 Å². The minimum atomic E-state index is -1.56. The van der Waals surface area contributed by atoms with Gasteiger partial charge in [-0.15, -0.1) is 0 Å². The maximum atomic E-state index is 14.2. The van der Waals surface area contributed by atoms with Gasteiger partial charge in [0.1, 0.15) is 11.6 Å². The number of ether oxygens (including phenoxy) is 1. The SMILES string of the molecule is CSC1CNCC(C(=O)NC(C#N)Cc2ccc(-c3ccc4oc(=O)c#cc4c3)cc2)OC1F. The second-order valence-corrected chi connectivity index (χ2v) is 8.93. The van der Waals surface area contributed by atoms with Crippen LogP contribution < -0.4 is 16.3 Å². The molecule has 1 aliphatic heterocycles. The number of carbonyl (C=O) groups is 1. The fourth-order valence-electron chi connectivity index (χ4n) is 3.69. The highest BCUT2D eigenvalue weighted by atomic mass is 32.2. The summed E-state index contributed by atoms with van der Waals surface area (Å²) in [5.41, 5.74) is 2.56. The van der Waals surface area contributed by atoms with Crippen LogP contribution >= 0.6 is 11.8 Å². The Balaban J connectivity index is 1.40. The zero-order valence-corrected chi connectivity index (χ0v) is 19.2. The van der Waals surface area contributed by atoms with Gasteiger partial charge in [0.25, 0.3) is 5.91 Å². The minimum Gasteiger partial charge on any atom is -0.416 e. The molecule has 2 aromatic carbocycles. The molecule has 9 heteroatoms. The topological polar surface area (TPSA) is 104 Å². The average Bonchev–Trinajstić information content (AvgIpc) is 3.04. The van der Waals surface area contributed by atoms with Crippen LogP contribution in [0.15, 0.2) is 51.7 Å². The van der Waals surface area contributed by atoms with Crippen molar-refractivity contribution in [2.75, 3.05) is 19.3 Å². The molecule has 1 saturated heterocycles. The van der Waals surface area contributed by atoms with Crippen molar-refractivity contribution in [3.63, 3.8) is 0 Å². The molecule has 4 rings (SSSR count). The number of fused-ring (bicyclic) bond motifs is 1. The molecular formula is C25H22FN3O4S. The molecule has 1 aromatic heterocycles. The molecule has 0 saturated carbocycles. The average molecular weight is 480 g/mol. The summed E-state index contributed by atoms with van der Waals surface area (Å²) in [7, 11) is 0. The van der Waals surface area contributed by atoms with Gasteiger partial charge in [0, 0.05) is 25.6 Å². The van der Waals surface area contributed by atoms with Gasteiger partial charge in [-0.3, -0.25) is 4.79 Å². The normalized spacial score (nSPS) is 21.1. The number of nitrogens with one attached hydrogen (secondary N) is 2. The summed E-state index contributed by atoms with van der Waals surface area (Å²) in [4.78, 5) is 23.9. The summed E-state index contributed by atoms with van der Waals surface area (Å²) in [5.74, 6) is -0.518. The standard InChI is InChI=1S/C25H22FN3O4S/c1-34-22-14-28-13-21(33-24(22)26)25(31)29-19(12-27)10-15-2-4-16(5-3-15)17-6-8-20-18(11-17)7-9-23(30)32-20/h2-6,8,11,19,21-22,24,28H,10,13-14H2,1H3,(H,29,31). The van der Waals surface area contributed by atoms with E-state index >= 15 is 0 Å². The summed E-state index contributed by atoms with van der Waals surface area (Å²) in [5, 5.41) is 15.5. The largest absolute Gasteiger partial charge is 0.416 e. The number of thioether (sulfide) groups is 1. The third-order valence-corrected chi connectivity index (χ3v) is 6.52. The number of amides is 1. The fourth-order valence-corrected chi connectivity index (χ4v) is 4.25. The van der Waals surface area contributed by atoms with Gasteiger partial charge < -0.3 is 19.8 Å². The van der Waals surface area contributed by atoms with Crippen LogP contribution in [0.25, 0.3) is 22.1 Å². The summed E-state index contributed by atoms with van der Waals surface area (Å²) < 4.78 is 24.6. The second-order valence-electron chi connectivity index (χ2n) is 7.85. The molecule has 1 amide bonds. The van der Waals surface area contributed by atoms with E-state index in [4.69, 9.17) is 9.15 Å². The number of benzene rings is 2. The van der Waals surface area contributed by atoms with Gasteiger partial charge in [-0.05, 0) is 35.1 Å². The lowest BCUT2D eigenvalue weighted by atomic mass is 10.00. The van der Waals surface area contributed by atoms with Crippen LogP contribution in [-0.2, 0) is 16.0 Å². The quantitative estimate of drug-likeness (QED) is 0.560. The first-order valence-corrected chi connectivity index (χ1v) is 12.0. The highest BCUT2D eigenvalue weighted by Gasteiger charge is 2.32. The summed E-state index contributed by atoms with van der Waals surface area (Å²) in [6.45, 7) is 0.586. The Labute approximate surface area is 200 Å². The smallest absolute Gasteiger partial charge is 0.390 e. The molecular weight excluding hydrogens is 457 g/mol. The Morgan fingerprint density at radius 1 is 1.26 bits per heavy atom. The first kappa shape index (κ1) is 23.8. The Hall–Kier alpha value is -3.37. The van der Waals surface area contributed by atoms with E-state index in [-0.39, 0.29) is 11.8 Å². The van der Waals surface area contributed by atoms with Crippen molar-refractivity contribution in [1.29, 1.82) is 5.26 Å². The third-order valence-electron chi connectivity index (χ3n) is 5.54. The number of hydrogen-bond donors (Lipinski definition) is 2.